The van der Waals surface area contributed by atoms with Gasteiger partial charge in [0.15, 0.2) is 0 Å². The molecule has 0 aromatic heterocycles. The van der Waals surface area contributed by atoms with Crippen LogP contribution in [-0.2, 0) is 4.79 Å². The Hall–Kier alpha value is -0.610. The molecule has 4 nitrogen and oxygen atoms in total. The summed E-state index contributed by atoms with van der Waals surface area (Å²) in [6.45, 7) is 7.58. The van der Waals surface area contributed by atoms with Crippen LogP contribution in [0.25, 0.3) is 0 Å². The monoisotopic (exact) mass is 211 g/mol. The van der Waals surface area contributed by atoms with Crippen LogP contribution in [0.15, 0.2) is 0 Å². The summed E-state index contributed by atoms with van der Waals surface area (Å²) >= 11 is 0. The molecule has 2 aliphatic rings. The molecule has 2 rings (SSSR count). The molecule has 1 saturated carbocycles. The van der Waals surface area contributed by atoms with Crippen molar-refractivity contribution < 1.29 is 4.79 Å². The third-order valence-electron chi connectivity index (χ3n) is 3.80. The van der Waals surface area contributed by atoms with Crippen LogP contribution in [0, 0.1) is 5.41 Å². The van der Waals surface area contributed by atoms with Gasteiger partial charge in [-0.2, -0.15) is 0 Å². The van der Waals surface area contributed by atoms with Crippen LogP contribution in [0.2, 0.25) is 0 Å². The van der Waals surface area contributed by atoms with Crippen molar-refractivity contribution in [3.8, 4) is 0 Å². The van der Waals surface area contributed by atoms with Crippen LogP contribution in [-0.4, -0.2) is 55.0 Å². The average Bonchev–Trinajstić information content (AvgIpc) is 3.09. The second kappa shape index (κ2) is 4.10. The van der Waals surface area contributed by atoms with Gasteiger partial charge in [-0.1, -0.05) is 6.92 Å². The highest BCUT2D eigenvalue weighted by Gasteiger charge is 2.50. The Morgan fingerprint density at radius 1 is 1.27 bits per heavy atom. The number of rotatable bonds is 3. The zero-order valence-electron chi connectivity index (χ0n) is 9.54. The maximum Gasteiger partial charge on any atom is 0.230 e. The van der Waals surface area contributed by atoms with E-state index in [-0.39, 0.29) is 5.41 Å². The second-order valence-corrected chi connectivity index (χ2v) is 4.71. The first-order valence-electron chi connectivity index (χ1n) is 5.93. The summed E-state index contributed by atoms with van der Waals surface area (Å²) in [6.07, 6.45) is 1.99. The molecule has 0 aromatic rings. The fourth-order valence-corrected chi connectivity index (χ4v) is 2.26. The van der Waals surface area contributed by atoms with Gasteiger partial charge in [-0.05, 0) is 19.4 Å². The van der Waals surface area contributed by atoms with Gasteiger partial charge in [0.1, 0.15) is 0 Å². The Morgan fingerprint density at radius 2 is 1.87 bits per heavy atom. The van der Waals surface area contributed by atoms with E-state index < -0.39 is 0 Å². The van der Waals surface area contributed by atoms with Gasteiger partial charge in [-0.3, -0.25) is 4.79 Å². The highest BCUT2D eigenvalue weighted by molar-refractivity contribution is 5.85. The zero-order valence-corrected chi connectivity index (χ0v) is 9.54. The van der Waals surface area contributed by atoms with Crippen LogP contribution in [0.5, 0.6) is 0 Å². The number of piperazine rings is 1. The van der Waals surface area contributed by atoms with Gasteiger partial charge < -0.3 is 15.5 Å². The number of amides is 1. The maximum absolute atomic E-state index is 12.1. The molecule has 2 N–H and O–H groups in total. The first kappa shape index (κ1) is 10.9. The Kier molecular flexibility index (Phi) is 2.98. The number of hydrogen-bond donors (Lipinski definition) is 1. The molecule has 1 saturated heterocycles. The van der Waals surface area contributed by atoms with E-state index in [1.807, 2.05) is 4.90 Å². The molecule has 1 amide bonds. The third-order valence-corrected chi connectivity index (χ3v) is 3.80. The van der Waals surface area contributed by atoms with E-state index in [0.29, 0.717) is 12.5 Å². The Labute approximate surface area is 91.4 Å². The molecule has 15 heavy (non-hydrogen) atoms. The smallest absolute Gasteiger partial charge is 0.230 e. The quantitative estimate of drug-likeness (QED) is 0.708. The Morgan fingerprint density at radius 3 is 2.27 bits per heavy atom. The van der Waals surface area contributed by atoms with Crippen LogP contribution in [0.3, 0.4) is 0 Å². The average molecular weight is 211 g/mol. The summed E-state index contributed by atoms with van der Waals surface area (Å²) in [5.41, 5.74) is 5.51. The van der Waals surface area contributed by atoms with E-state index in [1.165, 1.54) is 0 Å². The molecule has 1 aliphatic heterocycles. The lowest BCUT2D eigenvalue weighted by molar-refractivity contribution is -0.138. The fourth-order valence-electron chi connectivity index (χ4n) is 2.26. The van der Waals surface area contributed by atoms with Crippen molar-refractivity contribution in [3.05, 3.63) is 0 Å². The Bertz CT molecular complexity index is 242. The fraction of sp³-hybridized carbons (Fsp3) is 0.909. The summed E-state index contributed by atoms with van der Waals surface area (Å²) in [4.78, 5) is 16.5. The van der Waals surface area contributed by atoms with Gasteiger partial charge in [-0.15, -0.1) is 0 Å². The molecular formula is C11H21N3O. The van der Waals surface area contributed by atoms with Gasteiger partial charge in [-0.25, -0.2) is 0 Å². The van der Waals surface area contributed by atoms with Crippen LogP contribution >= 0.6 is 0 Å². The van der Waals surface area contributed by atoms with Gasteiger partial charge in [0, 0.05) is 32.7 Å². The number of nitrogens with zero attached hydrogens (tertiary/aromatic N) is 2. The van der Waals surface area contributed by atoms with Gasteiger partial charge in [0.2, 0.25) is 5.91 Å². The number of carbonyl (C=O) groups is 1. The predicted molar refractivity (Wildman–Crippen MR) is 59.4 cm³/mol. The number of likely N-dealkylation sites (N-methyl/N-ethyl adjacent to an activating group) is 1. The lowest BCUT2D eigenvalue weighted by atomic mass is 10.1. The van der Waals surface area contributed by atoms with Gasteiger partial charge in [0.05, 0.1) is 5.41 Å². The van der Waals surface area contributed by atoms with E-state index in [2.05, 4.69) is 11.8 Å². The van der Waals surface area contributed by atoms with Crippen molar-refractivity contribution in [2.75, 3.05) is 39.3 Å². The number of hydrogen-bond acceptors (Lipinski definition) is 3. The predicted octanol–water partition coefficient (Wildman–Crippen LogP) is -0.111. The molecule has 1 heterocycles. The molecule has 1 aliphatic carbocycles. The topological polar surface area (TPSA) is 49.6 Å². The van der Waals surface area contributed by atoms with Gasteiger partial charge >= 0.3 is 0 Å². The van der Waals surface area contributed by atoms with Crippen molar-refractivity contribution in [1.29, 1.82) is 0 Å². The molecule has 0 radical (unpaired) electrons. The molecule has 86 valence electrons. The largest absolute Gasteiger partial charge is 0.340 e. The highest BCUT2D eigenvalue weighted by atomic mass is 16.2. The third kappa shape index (κ3) is 2.01. The standard InChI is InChI=1S/C11H21N3O/c1-2-13-5-7-14(8-6-13)10(15)11(9-12)3-4-11/h2-9,12H2,1H3. The van der Waals surface area contributed by atoms with E-state index in [9.17, 15) is 4.79 Å². The first-order chi connectivity index (χ1) is 7.22. The summed E-state index contributed by atoms with van der Waals surface area (Å²) < 4.78 is 0. The molecule has 0 unspecified atom stereocenters. The summed E-state index contributed by atoms with van der Waals surface area (Å²) in [7, 11) is 0. The normalized spacial score (nSPS) is 25.3. The van der Waals surface area contributed by atoms with Crippen molar-refractivity contribution in [3.63, 3.8) is 0 Å². The molecule has 0 atom stereocenters. The van der Waals surface area contributed by atoms with Crippen molar-refractivity contribution in [2.24, 2.45) is 11.1 Å². The van der Waals surface area contributed by atoms with Crippen LogP contribution in [0.1, 0.15) is 19.8 Å². The first-order valence-corrected chi connectivity index (χ1v) is 5.93. The number of nitrogens with two attached hydrogens (primary N) is 1. The summed E-state index contributed by atoms with van der Waals surface area (Å²) in [5.74, 6) is 0.306. The van der Waals surface area contributed by atoms with E-state index >= 15 is 0 Å². The minimum Gasteiger partial charge on any atom is -0.340 e. The molecule has 2 fully saturated rings. The van der Waals surface area contributed by atoms with E-state index in [1.54, 1.807) is 0 Å². The molecular weight excluding hydrogens is 190 g/mol. The minimum absolute atomic E-state index is 0.158. The highest BCUT2D eigenvalue weighted by Crippen LogP contribution is 2.46. The second-order valence-electron chi connectivity index (χ2n) is 4.71. The van der Waals surface area contributed by atoms with Crippen molar-refractivity contribution >= 4 is 5.91 Å². The van der Waals surface area contributed by atoms with Gasteiger partial charge in [0.25, 0.3) is 0 Å². The molecule has 0 bridgehead atoms. The van der Waals surface area contributed by atoms with Crippen molar-refractivity contribution in [1.82, 2.24) is 9.80 Å². The molecule has 4 heteroatoms. The van der Waals surface area contributed by atoms with E-state index in [0.717, 1.165) is 45.6 Å². The molecule has 0 aromatic carbocycles. The SMILES string of the molecule is CCN1CCN(C(=O)C2(CN)CC2)CC1. The minimum atomic E-state index is -0.158. The number of carbonyl (C=O) groups excluding carboxylic acids is 1. The van der Waals surface area contributed by atoms with Crippen molar-refractivity contribution in [2.45, 2.75) is 19.8 Å². The van der Waals surface area contributed by atoms with Crippen LogP contribution < -0.4 is 5.73 Å². The lowest BCUT2D eigenvalue weighted by Gasteiger charge is -2.35. The molecule has 0 spiro atoms. The maximum atomic E-state index is 12.1. The summed E-state index contributed by atoms with van der Waals surface area (Å²) in [6, 6.07) is 0. The lowest BCUT2D eigenvalue weighted by Crippen LogP contribution is -2.51. The summed E-state index contributed by atoms with van der Waals surface area (Å²) in [5, 5.41) is 0. The van der Waals surface area contributed by atoms with Crippen LogP contribution in [0.4, 0.5) is 0 Å². The zero-order chi connectivity index (χ0) is 10.9. The van der Waals surface area contributed by atoms with E-state index in [4.69, 9.17) is 5.73 Å². The Balaban J connectivity index is 1.88.